The number of aryl methyl sites for hydroxylation is 1. The lowest BCUT2D eigenvalue weighted by atomic mass is 10.1. The number of aromatic nitrogens is 1. The van der Waals surface area contributed by atoms with Gasteiger partial charge in [0.05, 0.1) is 10.7 Å². The summed E-state index contributed by atoms with van der Waals surface area (Å²) in [6, 6.07) is 1.36. The molecule has 1 saturated carbocycles. The highest BCUT2D eigenvalue weighted by Gasteiger charge is 2.35. The van der Waals surface area contributed by atoms with Gasteiger partial charge in [0.25, 0.3) is 0 Å². The third kappa shape index (κ3) is 2.69. The molecule has 94 valence electrons. The molecule has 2 atom stereocenters. The third-order valence-electron chi connectivity index (χ3n) is 3.95. The molecule has 2 unspecified atom stereocenters. The van der Waals surface area contributed by atoms with E-state index in [1.807, 2.05) is 0 Å². The van der Waals surface area contributed by atoms with Crippen molar-refractivity contribution in [2.24, 2.45) is 5.92 Å². The van der Waals surface area contributed by atoms with Gasteiger partial charge in [-0.05, 0) is 32.6 Å². The number of nitrogens with one attached hydrogen (secondary N) is 1. The van der Waals surface area contributed by atoms with E-state index in [2.05, 4.69) is 34.4 Å². The van der Waals surface area contributed by atoms with Gasteiger partial charge in [0.2, 0.25) is 0 Å². The summed E-state index contributed by atoms with van der Waals surface area (Å²) in [5.41, 5.74) is 1.25. The van der Waals surface area contributed by atoms with Gasteiger partial charge >= 0.3 is 0 Å². The van der Waals surface area contributed by atoms with Crippen molar-refractivity contribution in [2.75, 3.05) is 13.1 Å². The summed E-state index contributed by atoms with van der Waals surface area (Å²) in [7, 11) is 0. The van der Waals surface area contributed by atoms with Crippen molar-refractivity contribution < 1.29 is 0 Å². The molecule has 0 radical (unpaired) electrons. The van der Waals surface area contributed by atoms with E-state index in [1.54, 1.807) is 11.3 Å². The molecule has 1 saturated heterocycles. The molecule has 0 spiro atoms. The van der Waals surface area contributed by atoms with Crippen LogP contribution in [-0.4, -0.2) is 35.1 Å². The second-order valence-electron chi connectivity index (χ2n) is 5.49. The Morgan fingerprint density at radius 3 is 3.00 bits per heavy atom. The average Bonchev–Trinajstić information content (AvgIpc) is 3.07. The summed E-state index contributed by atoms with van der Waals surface area (Å²) < 4.78 is 0. The maximum absolute atomic E-state index is 4.58. The van der Waals surface area contributed by atoms with Crippen LogP contribution in [0.4, 0.5) is 0 Å². The first-order chi connectivity index (χ1) is 8.22. The minimum atomic E-state index is 0.631. The fourth-order valence-electron chi connectivity index (χ4n) is 2.67. The molecule has 0 bridgehead atoms. The normalized spacial score (nSPS) is 30.7. The van der Waals surface area contributed by atoms with Crippen LogP contribution in [0.3, 0.4) is 0 Å². The minimum Gasteiger partial charge on any atom is -0.311 e. The highest BCUT2D eigenvalue weighted by molar-refractivity contribution is 7.09. The quantitative estimate of drug-likeness (QED) is 0.891. The lowest BCUT2D eigenvalue weighted by Crippen LogP contribution is -2.55. The molecule has 2 heterocycles. The van der Waals surface area contributed by atoms with E-state index in [1.165, 1.54) is 30.1 Å². The maximum atomic E-state index is 4.58. The van der Waals surface area contributed by atoms with Gasteiger partial charge in [0.15, 0.2) is 0 Å². The molecule has 1 N–H and O–H groups in total. The number of piperazine rings is 1. The molecule has 4 heteroatoms. The van der Waals surface area contributed by atoms with E-state index in [9.17, 15) is 0 Å². The second-order valence-corrected chi connectivity index (χ2v) is 6.55. The van der Waals surface area contributed by atoms with Crippen molar-refractivity contribution in [3.05, 3.63) is 16.1 Å². The Hall–Kier alpha value is -0.450. The number of hydrogen-bond acceptors (Lipinski definition) is 4. The summed E-state index contributed by atoms with van der Waals surface area (Å²) in [4.78, 5) is 7.17. The van der Waals surface area contributed by atoms with Crippen LogP contribution in [0.25, 0.3) is 0 Å². The van der Waals surface area contributed by atoms with Crippen LogP contribution in [0, 0.1) is 12.8 Å². The minimum absolute atomic E-state index is 0.631. The van der Waals surface area contributed by atoms with Gasteiger partial charge in [-0.25, -0.2) is 4.98 Å². The molecule has 0 aromatic carbocycles. The monoisotopic (exact) mass is 251 g/mol. The summed E-state index contributed by atoms with van der Waals surface area (Å²) in [5.74, 6) is 0.946. The van der Waals surface area contributed by atoms with E-state index in [4.69, 9.17) is 0 Å². The Kier molecular flexibility index (Phi) is 3.19. The molecule has 1 aliphatic carbocycles. The first-order valence-electron chi connectivity index (χ1n) is 6.61. The van der Waals surface area contributed by atoms with Crippen LogP contribution >= 0.6 is 11.3 Å². The van der Waals surface area contributed by atoms with Gasteiger partial charge in [-0.1, -0.05) is 0 Å². The van der Waals surface area contributed by atoms with Crippen LogP contribution in [0.5, 0.6) is 0 Å². The van der Waals surface area contributed by atoms with Gasteiger partial charge in [-0.15, -0.1) is 11.3 Å². The van der Waals surface area contributed by atoms with Gasteiger partial charge < -0.3 is 5.32 Å². The first kappa shape index (κ1) is 11.6. The van der Waals surface area contributed by atoms with E-state index < -0.39 is 0 Å². The largest absolute Gasteiger partial charge is 0.311 e. The molecule has 2 aliphatic rings. The van der Waals surface area contributed by atoms with Crippen LogP contribution in [0.15, 0.2) is 5.38 Å². The van der Waals surface area contributed by atoms with Crippen LogP contribution in [0.1, 0.15) is 30.5 Å². The highest BCUT2D eigenvalue weighted by atomic mass is 32.1. The third-order valence-corrected chi connectivity index (χ3v) is 4.78. The van der Waals surface area contributed by atoms with Gasteiger partial charge in [-0.2, -0.15) is 0 Å². The summed E-state index contributed by atoms with van der Waals surface area (Å²) >= 11 is 1.76. The maximum Gasteiger partial charge on any atom is 0.0897 e. The Labute approximate surface area is 107 Å². The predicted octanol–water partition coefficient (Wildman–Crippen LogP) is 2.02. The molecular weight excluding hydrogens is 230 g/mol. The summed E-state index contributed by atoms with van der Waals surface area (Å²) in [5, 5.41) is 7.08. The molecule has 3 nitrogen and oxygen atoms in total. The Bertz CT molecular complexity index is 386. The van der Waals surface area contributed by atoms with E-state index in [0.29, 0.717) is 6.04 Å². The Morgan fingerprint density at radius 1 is 1.53 bits per heavy atom. The van der Waals surface area contributed by atoms with E-state index in [0.717, 1.165) is 25.0 Å². The fourth-order valence-corrected chi connectivity index (χ4v) is 3.28. The van der Waals surface area contributed by atoms with Crippen molar-refractivity contribution in [1.82, 2.24) is 15.2 Å². The summed E-state index contributed by atoms with van der Waals surface area (Å²) in [6.45, 7) is 7.75. The highest BCUT2D eigenvalue weighted by Crippen LogP contribution is 2.34. The molecule has 17 heavy (non-hydrogen) atoms. The first-order valence-corrected chi connectivity index (χ1v) is 7.49. The molecule has 1 aromatic rings. The number of rotatable bonds is 3. The van der Waals surface area contributed by atoms with Gasteiger partial charge in [-0.3, -0.25) is 4.90 Å². The fraction of sp³-hybridized carbons (Fsp3) is 0.769. The van der Waals surface area contributed by atoms with Crippen LogP contribution < -0.4 is 5.32 Å². The van der Waals surface area contributed by atoms with Crippen molar-refractivity contribution >= 4 is 11.3 Å². The molecule has 2 fully saturated rings. The number of nitrogens with zero attached hydrogens (tertiary/aromatic N) is 2. The topological polar surface area (TPSA) is 28.2 Å². The number of hydrogen-bond donors (Lipinski definition) is 1. The second kappa shape index (κ2) is 4.67. The predicted molar refractivity (Wildman–Crippen MR) is 71.2 cm³/mol. The van der Waals surface area contributed by atoms with Crippen LogP contribution in [-0.2, 0) is 6.54 Å². The van der Waals surface area contributed by atoms with Crippen molar-refractivity contribution in [1.29, 1.82) is 0 Å². The molecule has 1 aliphatic heterocycles. The molecule has 3 rings (SSSR count). The van der Waals surface area contributed by atoms with Gasteiger partial charge in [0.1, 0.15) is 0 Å². The smallest absolute Gasteiger partial charge is 0.0897 e. The van der Waals surface area contributed by atoms with Crippen LogP contribution in [0.2, 0.25) is 0 Å². The van der Waals surface area contributed by atoms with E-state index >= 15 is 0 Å². The zero-order valence-corrected chi connectivity index (χ0v) is 11.5. The zero-order valence-electron chi connectivity index (χ0n) is 10.6. The van der Waals surface area contributed by atoms with Gasteiger partial charge in [0, 0.05) is 37.1 Å². The lowest BCUT2D eigenvalue weighted by Gasteiger charge is -2.38. The standard InChI is InChI=1S/C13H21N3S/c1-9-5-14-13(11-3-4-11)7-16(9)6-12-8-17-10(2)15-12/h8-9,11,13-14H,3-7H2,1-2H3. The lowest BCUT2D eigenvalue weighted by molar-refractivity contribution is 0.124. The molecule has 1 aromatic heterocycles. The van der Waals surface area contributed by atoms with Crippen molar-refractivity contribution in [2.45, 2.75) is 45.3 Å². The zero-order chi connectivity index (χ0) is 11.8. The van der Waals surface area contributed by atoms with Crippen molar-refractivity contribution in [3.63, 3.8) is 0 Å². The molecular formula is C13H21N3S. The Balaban J connectivity index is 1.63. The number of thiazole rings is 1. The Morgan fingerprint density at radius 2 is 2.35 bits per heavy atom. The summed E-state index contributed by atoms with van der Waals surface area (Å²) in [6.07, 6.45) is 2.85. The van der Waals surface area contributed by atoms with Crippen molar-refractivity contribution in [3.8, 4) is 0 Å². The van der Waals surface area contributed by atoms with E-state index in [-0.39, 0.29) is 0 Å². The average molecular weight is 251 g/mol. The molecule has 0 amide bonds. The SMILES string of the molecule is Cc1nc(CN2CC(C3CC3)NCC2C)cs1.